The maximum Gasteiger partial charge on any atom is 0.323 e. The number of anilines is 2. The van der Waals surface area contributed by atoms with Crippen molar-refractivity contribution in [3.05, 3.63) is 71.8 Å². The van der Waals surface area contributed by atoms with E-state index in [2.05, 4.69) is 15.6 Å². The fourth-order valence-electron chi connectivity index (χ4n) is 2.27. The molecule has 5 nitrogen and oxygen atoms in total. The summed E-state index contributed by atoms with van der Waals surface area (Å²) in [6.07, 6.45) is 0. The number of urea groups is 1. The third-order valence-corrected chi connectivity index (χ3v) is 3.70. The highest BCUT2D eigenvalue weighted by molar-refractivity contribution is 6.30. The fourth-order valence-corrected chi connectivity index (χ4v) is 2.40. The highest BCUT2D eigenvalue weighted by Crippen LogP contribution is 2.23. The number of pyridine rings is 1. The summed E-state index contributed by atoms with van der Waals surface area (Å²) in [5.41, 5.74) is 2.96. The van der Waals surface area contributed by atoms with Crippen molar-refractivity contribution in [2.75, 3.05) is 17.7 Å². The van der Waals surface area contributed by atoms with E-state index in [4.69, 9.17) is 16.3 Å². The van der Waals surface area contributed by atoms with E-state index in [0.29, 0.717) is 22.3 Å². The molecule has 0 atom stereocenters. The Labute approximate surface area is 150 Å². The van der Waals surface area contributed by atoms with E-state index < -0.39 is 0 Å². The van der Waals surface area contributed by atoms with Gasteiger partial charge >= 0.3 is 6.03 Å². The van der Waals surface area contributed by atoms with Crippen LogP contribution in [0.2, 0.25) is 5.02 Å². The van der Waals surface area contributed by atoms with Crippen LogP contribution in [0.25, 0.3) is 11.3 Å². The van der Waals surface area contributed by atoms with Crippen molar-refractivity contribution in [3.8, 4) is 17.1 Å². The van der Waals surface area contributed by atoms with E-state index in [9.17, 15) is 4.79 Å². The van der Waals surface area contributed by atoms with Crippen LogP contribution in [-0.2, 0) is 0 Å². The van der Waals surface area contributed by atoms with Gasteiger partial charge in [-0.1, -0.05) is 29.8 Å². The number of benzene rings is 2. The third-order valence-electron chi connectivity index (χ3n) is 3.45. The SMILES string of the molecule is COc1cccc(-c2cccc(NC(=O)Nc3ccc(Cl)cc3)c2)n1. The van der Waals surface area contributed by atoms with Crippen LogP contribution >= 0.6 is 11.6 Å². The van der Waals surface area contributed by atoms with Crippen LogP contribution in [0.4, 0.5) is 16.2 Å². The lowest BCUT2D eigenvalue weighted by atomic mass is 10.1. The van der Waals surface area contributed by atoms with Gasteiger partial charge in [0.2, 0.25) is 5.88 Å². The molecule has 2 amide bonds. The first-order chi connectivity index (χ1) is 12.1. The van der Waals surface area contributed by atoms with E-state index in [1.165, 1.54) is 0 Å². The zero-order valence-corrected chi connectivity index (χ0v) is 14.2. The average molecular weight is 354 g/mol. The van der Waals surface area contributed by atoms with Crippen molar-refractivity contribution in [3.63, 3.8) is 0 Å². The van der Waals surface area contributed by atoms with Gasteiger partial charge in [-0.25, -0.2) is 9.78 Å². The molecular weight excluding hydrogens is 338 g/mol. The van der Waals surface area contributed by atoms with Gasteiger partial charge in [0.1, 0.15) is 0 Å². The summed E-state index contributed by atoms with van der Waals surface area (Å²) >= 11 is 5.83. The van der Waals surface area contributed by atoms with Crippen LogP contribution in [-0.4, -0.2) is 18.1 Å². The molecule has 0 unspecified atom stereocenters. The van der Waals surface area contributed by atoms with Crippen LogP contribution in [0.5, 0.6) is 5.88 Å². The number of ether oxygens (including phenoxy) is 1. The molecule has 25 heavy (non-hydrogen) atoms. The van der Waals surface area contributed by atoms with Crippen molar-refractivity contribution in [1.82, 2.24) is 4.98 Å². The third kappa shape index (κ3) is 4.49. The van der Waals surface area contributed by atoms with Crippen LogP contribution in [0.15, 0.2) is 66.7 Å². The Bertz CT molecular complexity index is 882. The van der Waals surface area contributed by atoms with Gasteiger partial charge < -0.3 is 15.4 Å². The van der Waals surface area contributed by atoms with Crippen molar-refractivity contribution in [1.29, 1.82) is 0 Å². The molecule has 1 heterocycles. The van der Waals surface area contributed by atoms with Crippen LogP contribution < -0.4 is 15.4 Å². The van der Waals surface area contributed by atoms with Gasteiger partial charge in [0.25, 0.3) is 0 Å². The van der Waals surface area contributed by atoms with Gasteiger partial charge in [0, 0.05) is 28.0 Å². The molecule has 0 radical (unpaired) electrons. The van der Waals surface area contributed by atoms with Crippen LogP contribution in [0, 0.1) is 0 Å². The molecule has 0 saturated carbocycles. The lowest BCUT2D eigenvalue weighted by Gasteiger charge is -2.09. The Morgan fingerprint density at radius 2 is 1.68 bits per heavy atom. The number of aromatic nitrogens is 1. The Balaban J connectivity index is 1.72. The molecule has 0 spiro atoms. The number of hydrogen-bond acceptors (Lipinski definition) is 3. The summed E-state index contributed by atoms with van der Waals surface area (Å²) in [5.74, 6) is 0.538. The number of methoxy groups -OCH3 is 1. The maximum absolute atomic E-state index is 12.1. The number of nitrogens with zero attached hydrogens (tertiary/aromatic N) is 1. The van der Waals surface area contributed by atoms with E-state index in [0.717, 1.165) is 11.3 Å². The zero-order valence-electron chi connectivity index (χ0n) is 13.5. The summed E-state index contributed by atoms with van der Waals surface area (Å²) in [7, 11) is 1.57. The van der Waals surface area contributed by atoms with Gasteiger partial charge in [0.05, 0.1) is 12.8 Å². The van der Waals surface area contributed by atoms with Crippen molar-refractivity contribution < 1.29 is 9.53 Å². The lowest BCUT2D eigenvalue weighted by molar-refractivity contribution is 0.262. The predicted octanol–water partition coefficient (Wildman–Crippen LogP) is 5.05. The monoisotopic (exact) mass is 353 g/mol. The van der Waals surface area contributed by atoms with Crippen molar-refractivity contribution >= 4 is 29.0 Å². The van der Waals surface area contributed by atoms with Crippen LogP contribution in [0.3, 0.4) is 0 Å². The Morgan fingerprint density at radius 1 is 0.960 bits per heavy atom. The molecule has 6 heteroatoms. The van der Waals surface area contributed by atoms with E-state index in [1.54, 1.807) is 37.4 Å². The average Bonchev–Trinajstić information content (AvgIpc) is 2.64. The molecule has 0 bridgehead atoms. The van der Waals surface area contributed by atoms with Crippen LogP contribution in [0.1, 0.15) is 0 Å². The summed E-state index contributed by atoms with van der Waals surface area (Å²) in [4.78, 5) is 16.5. The topological polar surface area (TPSA) is 63.2 Å². The molecule has 3 aromatic rings. The molecule has 0 aliphatic heterocycles. The lowest BCUT2D eigenvalue weighted by Crippen LogP contribution is -2.19. The Morgan fingerprint density at radius 3 is 2.44 bits per heavy atom. The van der Waals surface area contributed by atoms with Gasteiger partial charge in [-0.2, -0.15) is 0 Å². The number of halogens is 1. The first-order valence-electron chi connectivity index (χ1n) is 7.59. The van der Waals surface area contributed by atoms with E-state index in [-0.39, 0.29) is 6.03 Å². The van der Waals surface area contributed by atoms with Gasteiger partial charge in [0.15, 0.2) is 0 Å². The summed E-state index contributed by atoms with van der Waals surface area (Å²) in [5, 5.41) is 6.17. The molecule has 0 aliphatic carbocycles. The molecular formula is C19H16ClN3O2. The van der Waals surface area contributed by atoms with Crippen molar-refractivity contribution in [2.45, 2.75) is 0 Å². The summed E-state index contributed by atoms with van der Waals surface area (Å²) in [6.45, 7) is 0. The molecule has 126 valence electrons. The van der Waals surface area contributed by atoms with Gasteiger partial charge in [-0.15, -0.1) is 0 Å². The fraction of sp³-hybridized carbons (Fsp3) is 0.0526. The highest BCUT2D eigenvalue weighted by Gasteiger charge is 2.06. The highest BCUT2D eigenvalue weighted by atomic mass is 35.5. The predicted molar refractivity (Wildman–Crippen MR) is 100 cm³/mol. The number of nitrogens with one attached hydrogen (secondary N) is 2. The molecule has 0 saturated heterocycles. The quantitative estimate of drug-likeness (QED) is 0.689. The molecule has 2 N–H and O–H groups in total. The summed E-state index contributed by atoms with van der Waals surface area (Å²) < 4.78 is 5.15. The molecule has 3 rings (SSSR count). The second-order valence-electron chi connectivity index (χ2n) is 5.23. The second kappa shape index (κ2) is 7.68. The normalized spacial score (nSPS) is 10.2. The van der Waals surface area contributed by atoms with Crippen molar-refractivity contribution in [2.24, 2.45) is 0 Å². The Hall–Kier alpha value is -3.05. The second-order valence-corrected chi connectivity index (χ2v) is 5.67. The minimum Gasteiger partial charge on any atom is -0.481 e. The number of amides is 2. The molecule has 0 fully saturated rings. The Kier molecular flexibility index (Phi) is 5.16. The molecule has 2 aromatic carbocycles. The largest absolute Gasteiger partial charge is 0.481 e. The molecule has 1 aromatic heterocycles. The van der Waals surface area contributed by atoms with E-state index >= 15 is 0 Å². The standard InChI is InChI=1S/C19H16ClN3O2/c1-25-18-7-3-6-17(23-18)13-4-2-5-16(12-13)22-19(24)21-15-10-8-14(20)9-11-15/h2-12H,1H3,(H2,21,22,24). The van der Waals surface area contributed by atoms with Gasteiger partial charge in [-0.3, -0.25) is 0 Å². The summed E-state index contributed by atoms with van der Waals surface area (Å²) in [6, 6.07) is 19.5. The minimum absolute atomic E-state index is 0.335. The molecule has 0 aliphatic rings. The smallest absolute Gasteiger partial charge is 0.323 e. The number of carbonyl (C=O) groups is 1. The first kappa shape index (κ1) is 16.8. The minimum atomic E-state index is -0.335. The first-order valence-corrected chi connectivity index (χ1v) is 7.97. The number of carbonyl (C=O) groups excluding carboxylic acids is 1. The number of rotatable bonds is 4. The maximum atomic E-state index is 12.1. The zero-order chi connectivity index (χ0) is 17.6. The number of hydrogen-bond donors (Lipinski definition) is 2. The van der Waals surface area contributed by atoms with Gasteiger partial charge in [-0.05, 0) is 42.5 Å². The van der Waals surface area contributed by atoms with E-state index in [1.807, 2.05) is 36.4 Å².